The molecule has 6 nitrogen and oxygen atoms in total. The molecular formula is C18H21N6+. The van der Waals surface area contributed by atoms with Gasteiger partial charge in [0.05, 0.1) is 18.4 Å². The fourth-order valence-corrected chi connectivity index (χ4v) is 2.53. The van der Waals surface area contributed by atoms with Gasteiger partial charge in [-0.05, 0) is 31.5 Å². The van der Waals surface area contributed by atoms with Crippen molar-refractivity contribution in [3.8, 4) is 0 Å². The smallest absolute Gasteiger partial charge is 0.173 e. The normalized spacial score (nSPS) is 11.3. The second kappa shape index (κ2) is 6.62. The van der Waals surface area contributed by atoms with Crippen LogP contribution in [0.1, 0.15) is 16.7 Å². The van der Waals surface area contributed by atoms with Gasteiger partial charge in [0.25, 0.3) is 0 Å². The van der Waals surface area contributed by atoms with E-state index < -0.39 is 0 Å². The van der Waals surface area contributed by atoms with Crippen LogP contribution in [0, 0.1) is 13.8 Å². The summed E-state index contributed by atoms with van der Waals surface area (Å²) in [6.45, 7) is 4.67. The van der Waals surface area contributed by atoms with Crippen molar-refractivity contribution in [1.82, 2.24) is 9.78 Å². The monoisotopic (exact) mass is 321 g/mol. The van der Waals surface area contributed by atoms with Gasteiger partial charge in [0.2, 0.25) is 0 Å². The molecule has 122 valence electrons. The maximum Gasteiger partial charge on any atom is 0.173 e. The van der Waals surface area contributed by atoms with Crippen LogP contribution in [0.2, 0.25) is 0 Å². The van der Waals surface area contributed by atoms with Crippen molar-refractivity contribution in [2.45, 2.75) is 20.4 Å². The number of benzene rings is 1. The largest absolute Gasteiger partial charge is 0.382 e. The Morgan fingerprint density at radius 2 is 1.96 bits per heavy atom. The Kier molecular flexibility index (Phi) is 4.37. The van der Waals surface area contributed by atoms with Gasteiger partial charge in [-0.2, -0.15) is 10.2 Å². The van der Waals surface area contributed by atoms with Crippen LogP contribution in [0.4, 0.5) is 17.2 Å². The quantitative estimate of drug-likeness (QED) is 0.591. The molecule has 2 aromatic heterocycles. The molecule has 3 rings (SSSR count). The molecule has 0 unspecified atom stereocenters. The SMILES string of the molecule is Cc1ccc(N=Nc2cnn(Cc3ccc[n+](C)c3)c2N)c(C)c1. The van der Waals surface area contributed by atoms with Gasteiger partial charge in [0.1, 0.15) is 18.6 Å². The summed E-state index contributed by atoms with van der Waals surface area (Å²) in [5.41, 5.74) is 11.0. The van der Waals surface area contributed by atoms with E-state index in [1.165, 1.54) is 5.56 Å². The number of aryl methyl sites for hydroxylation is 3. The maximum absolute atomic E-state index is 6.16. The lowest BCUT2D eigenvalue weighted by Gasteiger charge is -2.03. The van der Waals surface area contributed by atoms with Crippen LogP contribution in [0.5, 0.6) is 0 Å². The van der Waals surface area contributed by atoms with E-state index in [1.807, 2.05) is 55.2 Å². The van der Waals surface area contributed by atoms with Crippen LogP contribution in [-0.4, -0.2) is 9.78 Å². The summed E-state index contributed by atoms with van der Waals surface area (Å²) in [5.74, 6) is 0.509. The molecule has 0 aliphatic heterocycles. The first-order valence-electron chi connectivity index (χ1n) is 7.77. The van der Waals surface area contributed by atoms with Crippen LogP contribution >= 0.6 is 0 Å². The summed E-state index contributed by atoms with van der Waals surface area (Å²) in [7, 11) is 1.99. The minimum atomic E-state index is 0.509. The summed E-state index contributed by atoms with van der Waals surface area (Å²) >= 11 is 0. The highest BCUT2D eigenvalue weighted by Gasteiger charge is 2.09. The lowest BCUT2D eigenvalue weighted by atomic mass is 10.1. The summed E-state index contributed by atoms with van der Waals surface area (Å²) in [5, 5.41) is 12.9. The third-order valence-electron chi connectivity index (χ3n) is 3.81. The molecule has 2 heterocycles. The predicted octanol–water partition coefficient (Wildman–Crippen LogP) is 3.37. The molecule has 0 spiro atoms. The molecule has 24 heavy (non-hydrogen) atoms. The van der Waals surface area contributed by atoms with Crippen molar-refractivity contribution in [2.75, 3.05) is 5.73 Å². The molecule has 0 amide bonds. The van der Waals surface area contributed by atoms with E-state index in [0.717, 1.165) is 16.8 Å². The molecule has 0 saturated heterocycles. The van der Waals surface area contributed by atoms with Crippen LogP contribution in [0.15, 0.2) is 59.2 Å². The van der Waals surface area contributed by atoms with Crippen molar-refractivity contribution in [1.29, 1.82) is 0 Å². The highest BCUT2D eigenvalue weighted by Crippen LogP contribution is 2.26. The number of pyridine rings is 1. The third kappa shape index (κ3) is 3.48. The van der Waals surface area contributed by atoms with Crippen LogP contribution in [-0.2, 0) is 13.6 Å². The number of nitrogens with two attached hydrogens (primary N) is 1. The molecule has 2 N–H and O–H groups in total. The highest BCUT2D eigenvalue weighted by atomic mass is 15.3. The number of rotatable bonds is 4. The fraction of sp³-hybridized carbons (Fsp3) is 0.222. The zero-order chi connectivity index (χ0) is 17.1. The molecular weight excluding hydrogens is 300 g/mol. The maximum atomic E-state index is 6.16. The molecule has 0 bridgehead atoms. The van der Waals surface area contributed by atoms with Crippen molar-refractivity contribution in [3.05, 3.63) is 65.6 Å². The zero-order valence-electron chi connectivity index (χ0n) is 14.1. The van der Waals surface area contributed by atoms with E-state index in [1.54, 1.807) is 10.9 Å². The van der Waals surface area contributed by atoms with Crippen LogP contribution in [0.25, 0.3) is 0 Å². The van der Waals surface area contributed by atoms with Crippen molar-refractivity contribution < 1.29 is 4.57 Å². The summed E-state index contributed by atoms with van der Waals surface area (Å²) in [4.78, 5) is 0. The summed E-state index contributed by atoms with van der Waals surface area (Å²) < 4.78 is 3.72. The molecule has 0 aliphatic rings. The van der Waals surface area contributed by atoms with E-state index in [9.17, 15) is 0 Å². The van der Waals surface area contributed by atoms with Gasteiger partial charge in [-0.3, -0.25) is 0 Å². The molecule has 0 fully saturated rings. The number of nitrogen functional groups attached to an aromatic ring is 1. The molecule has 0 aliphatic carbocycles. The van der Waals surface area contributed by atoms with Crippen LogP contribution < -0.4 is 10.3 Å². The van der Waals surface area contributed by atoms with Crippen molar-refractivity contribution in [3.63, 3.8) is 0 Å². The van der Waals surface area contributed by atoms with E-state index in [2.05, 4.69) is 28.3 Å². The van der Waals surface area contributed by atoms with Gasteiger partial charge in [-0.25, -0.2) is 9.25 Å². The minimum Gasteiger partial charge on any atom is -0.382 e. The Balaban J connectivity index is 1.81. The Hall–Kier alpha value is -3.02. The Bertz CT molecular complexity index is 894. The van der Waals surface area contributed by atoms with Gasteiger partial charge >= 0.3 is 0 Å². The summed E-state index contributed by atoms with van der Waals surface area (Å²) in [6.07, 6.45) is 5.67. The van der Waals surface area contributed by atoms with Gasteiger partial charge in [0.15, 0.2) is 12.4 Å². The van der Waals surface area contributed by atoms with Gasteiger partial charge in [-0.15, -0.1) is 5.11 Å². The van der Waals surface area contributed by atoms with E-state index in [4.69, 9.17) is 5.73 Å². The lowest BCUT2D eigenvalue weighted by molar-refractivity contribution is -0.671. The second-order valence-corrected chi connectivity index (χ2v) is 5.94. The van der Waals surface area contributed by atoms with Gasteiger partial charge < -0.3 is 5.73 Å². The van der Waals surface area contributed by atoms with Crippen LogP contribution in [0.3, 0.4) is 0 Å². The number of hydrogen-bond donors (Lipinski definition) is 1. The van der Waals surface area contributed by atoms with E-state index >= 15 is 0 Å². The van der Waals surface area contributed by atoms with E-state index in [0.29, 0.717) is 18.1 Å². The molecule has 6 heteroatoms. The number of anilines is 1. The van der Waals surface area contributed by atoms with Crippen molar-refractivity contribution >= 4 is 17.2 Å². The molecule has 0 radical (unpaired) electrons. The highest BCUT2D eigenvalue weighted by molar-refractivity contribution is 5.57. The first-order valence-corrected chi connectivity index (χ1v) is 7.77. The Morgan fingerprint density at radius 3 is 2.71 bits per heavy atom. The number of azo groups is 1. The predicted molar refractivity (Wildman–Crippen MR) is 93.5 cm³/mol. The first kappa shape index (κ1) is 15.9. The number of hydrogen-bond acceptors (Lipinski definition) is 4. The number of aromatic nitrogens is 3. The molecule has 3 aromatic rings. The first-order chi connectivity index (χ1) is 11.5. The minimum absolute atomic E-state index is 0.509. The average molecular weight is 321 g/mol. The molecule has 0 atom stereocenters. The second-order valence-electron chi connectivity index (χ2n) is 5.94. The Labute approximate surface area is 141 Å². The average Bonchev–Trinajstić information content (AvgIpc) is 2.87. The number of nitrogens with zero attached hydrogens (tertiary/aromatic N) is 5. The standard InChI is InChI=1S/C18H21N6/c1-13-6-7-16(14(2)9-13)21-22-17-10-20-24(18(17)19)12-15-5-4-8-23(3)11-15/h4-11H,12,19H2,1-3H3/q+1. The topological polar surface area (TPSA) is 72.4 Å². The third-order valence-corrected chi connectivity index (χ3v) is 3.81. The van der Waals surface area contributed by atoms with Crippen molar-refractivity contribution in [2.24, 2.45) is 17.3 Å². The Morgan fingerprint density at radius 1 is 1.17 bits per heavy atom. The summed E-state index contributed by atoms with van der Waals surface area (Å²) in [6, 6.07) is 10.1. The molecule has 1 aromatic carbocycles. The molecule has 0 saturated carbocycles. The fourth-order valence-electron chi connectivity index (χ4n) is 2.53. The van der Waals surface area contributed by atoms with E-state index in [-0.39, 0.29) is 0 Å². The zero-order valence-corrected chi connectivity index (χ0v) is 14.1. The van der Waals surface area contributed by atoms with Gasteiger partial charge in [-0.1, -0.05) is 17.7 Å². The van der Waals surface area contributed by atoms with Gasteiger partial charge in [0, 0.05) is 11.6 Å². The lowest BCUT2D eigenvalue weighted by Crippen LogP contribution is -2.27.